The summed E-state index contributed by atoms with van der Waals surface area (Å²) in [6, 6.07) is 67.0. The van der Waals surface area contributed by atoms with Gasteiger partial charge in [0, 0.05) is 80.7 Å². The number of non-ortho nitro benzene ring substituents is 3. The van der Waals surface area contributed by atoms with Crippen molar-refractivity contribution in [2.75, 3.05) is 0 Å². The van der Waals surface area contributed by atoms with Crippen LogP contribution in [0.15, 0.2) is 224 Å². The van der Waals surface area contributed by atoms with Crippen LogP contribution in [0.3, 0.4) is 0 Å². The Hall–Kier alpha value is -11.8. The first-order valence-electron chi connectivity index (χ1n) is 26.3. The average molecular weight is 1080 g/mol. The van der Waals surface area contributed by atoms with Crippen LogP contribution < -0.4 is 0 Å². The summed E-state index contributed by atoms with van der Waals surface area (Å²) in [6.45, 7) is 0. The molecule has 15 nitrogen and oxygen atoms in total. The number of nitrogens with zero attached hydrogens (tertiary/aromatic N) is 6. The van der Waals surface area contributed by atoms with Crippen molar-refractivity contribution in [1.82, 2.24) is 19.9 Å². The van der Waals surface area contributed by atoms with Crippen LogP contribution in [-0.4, -0.2) is 34.7 Å². The molecule has 0 fully saturated rings. The van der Waals surface area contributed by atoms with Crippen molar-refractivity contribution in [3.05, 3.63) is 276 Å². The van der Waals surface area contributed by atoms with E-state index in [-0.39, 0.29) is 17.1 Å². The molecule has 0 saturated carbocycles. The zero-order valence-corrected chi connectivity index (χ0v) is 43.6. The SMILES string of the molecule is O=Nc1ccc(-c2ccc(-c3c4nc(c(-c5ccc(-c6ccc([N+](=O)[O-])cc6)cc5)c5ccc([nH]5)c(-c5ccc(-c6ccc([N+](=O)[O-])cc6)cc5)c5nc(c(-c6ccc(-c7ccc([N+](=O)[O-])cc7)cc6)c6ccc3[nH]6)C=C5)C=C4)cc2)cc1. The standard InChI is InChI=1S/C68H42N8O7/c77-73-53-25-17-45(18-26-53)41-1-9-49(10-2-41)65-57-33-35-59(69-57)66(50-11-3-42(4-12-50)46-19-27-54(28-20-46)74(78)79)61-37-39-63(71-61)68(52-15-7-44(8-16-52)48-23-31-56(32-24-48)76(82)83)64-40-38-62(72-64)67(60-36-34-58(65)70-60)51-13-5-43(6-14-51)47-21-29-55(30-22-47)75(80)81/h1-40,69,72H. The number of fused-ring (bicyclic) bond motifs is 8. The van der Waals surface area contributed by atoms with Crippen molar-refractivity contribution in [3.8, 4) is 89.0 Å². The number of benzene rings is 8. The number of nitro groups is 3. The van der Waals surface area contributed by atoms with Gasteiger partial charge in [0.25, 0.3) is 17.1 Å². The largest absolute Gasteiger partial charge is 0.354 e. The van der Waals surface area contributed by atoms with Gasteiger partial charge in [0.1, 0.15) is 5.69 Å². The Balaban J connectivity index is 1.05. The molecule has 8 aromatic carbocycles. The van der Waals surface area contributed by atoms with Gasteiger partial charge in [-0.25, -0.2) is 9.97 Å². The lowest BCUT2D eigenvalue weighted by Crippen LogP contribution is -1.90. The molecule has 0 aliphatic carbocycles. The van der Waals surface area contributed by atoms with E-state index in [1.54, 1.807) is 48.5 Å². The van der Waals surface area contributed by atoms with Crippen LogP contribution in [0.4, 0.5) is 22.7 Å². The maximum Gasteiger partial charge on any atom is 0.269 e. The summed E-state index contributed by atoms with van der Waals surface area (Å²) in [5, 5.41) is 37.6. The van der Waals surface area contributed by atoms with Crippen LogP contribution >= 0.6 is 0 Å². The third kappa shape index (κ3) is 9.82. The Morgan fingerprint density at radius 2 is 0.470 bits per heavy atom. The monoisotopic (exact) mass is 1080 g/mol. The highest BCUT2D eigenvalue weighted by atomic mass is 16.6. The lowest BCUT2D eigenvalue weighted by atomic mass is 9.99. The molecule has 0 atom stereocenters. The number of nitrogens with one attached hydrogen (secondary N) is 2. The molecule has 83 heavy (non-hydrogen) atoms. The van der Waals surface area contributed by atoms with Gasteiger partial charge >= 0.3 is 0 Å². The molecule has 0 saturated heterocycles. The van der Waals surface area contributed by atoms with Crippen LogP contribution in [0.2, 0.25) is 0 Å². The fraction of sp³-hybridized carbons (Fsp3) is 0. The Kier molecular flexibility index (Phi) is 12.9. The number of H-pyrrole nitrogens is 2. The van der Waals surface area contributed by atoms with Gasteiger partial charge < -0.3 is 9.97 Å². The van der Waals surface area contributed by atoms with Gasteiger partial charge in [-0.15, -0.1) is 4.91 Å². The summed E-state index contributed by atoms with van der Waals surface area (Å²) >= 11 is 0. The van der Waals surface area contributed by atoms with E-state index in [2.05, 4.69) is 27.3 Å². The molecule has 3 aromatic heterocycles. The van der Waals surface area contributed by atoms with Crippen LogP contribution in [-0.2, 0) is 0 Å². The molecule has 2 N–H and O–H groups in total. The molecule has 0 amide bonds. The highest BCUT2D eigenvalue weighted by Crippen LogP contribution is 2.41. The first kappa shape index (κ1) is 50.7. The molecule has 2 aliphatic heterocycles. The van der Waals surface area contributed by atoms with Crippen molar-refractivity contribution in [2.24, 2.45) is 5.18 Å². The van der Waals surface area contributed by atoms with Gasteiger partial charge in [-0.05, 0) is 169 Å². The molecule has 0 unspecified atom stereocenters. The fourth-order valence-electron chi connectivity index (χ4n) is 10.8. The quantitative estimate of drug-likeness (QED) is 0.0675. The number of hydrogen-bond acceptors (Lipinski definition) is 10. The molecule has 396 valence electrons. The summed E-state index contributed by atoms with van der Waals surface area (Å²) in [5.74, 6) is 0. The van der Waals surface area contributed by atoms with Crippen molar-refractivity contribution in [1.29, 1.82) is 0 Å². The third-order valence-electron chi connectivity index (χ3n) is 15.0. The molecule has 15 heteroatoms. The van der Waals surface area contributed by atoms with Crippen LogP contribution in [0, 0.1) is 35.3 Å². The molecule has 8 bridgehead atoms. The second-order valence-corrected chi connectivity index (χ2v) is 19.9. The number of nitro benzene ring substituents is 3. The highest BCUT2D eigenvalue weighted by molar-refractivity contribution is 6.00. The minimum Gasteiger partial charge on any atom is -0.354 e. The van der Waals surface area contributed by atoms with Gasteiger partial charge in [0.2, 0.25) is 0 Å². The molecule has 0 radical (unpaired) electrons. The maximum atomic E-state index is 11.5. The molecule has 11 aromatic rings. The Morgan fingerprint density at radius 1 is 0.277 bits per heavy atom. The normalized spacial score (nSPS) is 11.6. The molecule has 5 heterocycles. The maximum absolute atomic E-state index is 11.5. The van der Waals surface area contributed by atoms with E-state index < -0.39 is 14.8 Å². The summed E-state index contributed by atoms with van der Waals surface area (Å²) in [7, 11) is 0. The smallest absolute Gasteiger partial charge is 0.269 e. The van der Waals surface area contributed by atoms with Gasteiger partial charge in [-0.2, -0.15) is 0 Å². The third-order valence-corrected chi connectivity index (χ3v) is 15.0. The van der Waals surface area contributed by atoms with Crippen molar-refractivity contribution >= 4 is 69.1 Å². The van der Waals surface area contributed by atoms with E-state index in [0.29, 0.717) is 28.5 Å². The second-order valence-electron chi connectivity index (χ2n) is 19.9. The van der Waals surface area contributed by atoms with Gasteiger partial charge in [0.15, 0.2) is 0 Å². The molecule has 2 aliphatic rings. The minimum atomic E-state index is -0.415. The zero-order valence-electron chi connectivity index (χ0n) is 43.6. The van der Waals surface area contributed by atoms with Crippen molar-refractivity contribution in [2.45, 2.75) is 0 Å². The minimum absolute atomic E-state index is 0.00696. The predicted molar refractivity (Wildman–Crippen MR) is 328 cm³/mol. The van der Waals surface area contributed by atoms with E-state index in [1.807, 2.05) is 146 Å². The Bertz CT molecular complexity index is 4550. The lowest BCUT2D eigenvalue weighted by Gasteiger charge is -2.09. The topological polar surface area (TPSA) is 216 Å². The number of aromatic amines is 2. The lowest BCUT2D eigenvalue weighted by molar-refractivity contribution is -0.385. The van der Waals surface area contributed by atoms with E-state index in [9.17, 15) is 35.3 Å². The van der Waals surface area contributed by atoms with Gasteiger partial charge in [-0.3, -0.25) is 30.3 Å². The molecule has 13 rings (SSSR count). The summed E-state index contributed by atoms with van der Waals surface area (Å²) < 4.78 is 0. The van der Waals surface area contributed by atoms with E-state index >= 15 is 0 Å². The summed E-state index contributed by atoms with van der Waals surface area (Å²) in [6.07, 6.45) is 8.06. The number of hydrogen-bond donors (Lipinski definition) is 2. The van der Waals surface area contributed by atoms with Gasteiger partial charge in [0.05, 0.1) is 37.5 Å². The summed E-state index contributed by atoms with van der Waals surface area (Å²) in [5.41, 5.74) is 19.9. The number of rotatable bonds is 12. The van der Waals surface area contributed by atoms with E-state index in [0.717, 1.165) is 111 Å². The first-order chi connectivity index (χ1) is 40.5. The Morgan fingerprint density at radius 3 is 0.675 bits per heavy atom. The highest BCUT2D eigenvalue weighted by Gasteiger charge is 2.21. The number of nitroso groups, excluding NO2 is 1. The van der Waals surface area contributed by atoms with Gasteiger partial charge in [-0.1, -0.05) is 109 Å². The predicted octanol–water partition coefficient (Wildman–Crippen LogP) is 18.1. The molecular weight excluding hydrogens is 1040 g/mol. The fourth-order valence-corrected chi connectivity index (χ4v) is 10.8. The zero-order chi connectivity index (χ0) is 56.7. The average Bonchev–Trinajstić information content (AvgIpc) is 4.36. The Labute approximate surface area is 472 Å². The van der Waals surface area contributed by atoms with Crippen molar-refractivity contribution in [3.63, 3.8) is 0 Å². The molecule has 0 spiro atoms. The van der Waals surface area contributed by atoms with Crippen LogP contribution in [0.1, 0.15) is 22.8 Å². The second kappa shape index (κ2) is 21.1. The summed E-state index contributed by atoms with van der Waals surface area (Å²) in [4.78, 5) is 63.1. The van der Waals surface area contributed by atoms with E-state index in [4.69, 9.17) is 9.97 Å². The number of aromatic nitrogens is 4. The van der Waals surface area contributed by atoms with Crippen LogP contribution in [0.5, 0.6) is 0 Å². The van der Waals surface area contributed by atoms with Crippen LogP contribution in [0.25, 0.3) is 135 Å². The first-order valence-corrected chi connectivity index (χ1v) is 26.3. The molecular formula is C68H42N8O7. The van der Waals surface area contributed by atoms with Crippen molar-refractivity contribution < 1.29 is 14.8 Å². The van der Waals surface area contributed by atoms with E-state index in [1.165, 1.54) is 36.4 Å².